The first-order valence-corrected chi connectivity index (χ1v) is 11.3. The lowest BCUT2D eigenvalue weighted by Crippen LogP contribution is -2.15. The van der Waals surface area contributed by atoms with Crippen LogP contribution in [0.15, 0.2) is 78.9 Å². The summed E-state index contributed by atoms with van der Waals surface area (Å²) >= 11 is 12.1. The summed E-state index contributed by atoms with van der Waals surface area (Å²) in [6.07, 6.45) is -0.179. The highest BCUT2D eigenvalue weighted by Crippen LogP contribution is 2.31. The van der Waals surface area contributed by atoms with Gasteiger partial charge in [-0.2, -0.15) is 4.98 Å². The highest BCUT2D eigenvalue weighted by Gasteiger charge is 2.27. The fourth-order valence-corrected chi connectivity index (χ4v) is 3.64. The fourth-order valence-electron chi connectivity index (χ4n) is 3.38. The molecular weight excluding hydrogens is 475 g/mol. The van der Waals surface area contributed by atoms with Crippen molar-refractivity contribution in [2.45, 2.75) is 13.3 Å². The molecule has 8 heteroatoms. The Labute approximate surface area is 206 Å². The summed E-state index contributed by atoms with van der Waals surface area (Å²) in [4.78, 5) is 30.5. The molecule has 4 aromatic rings. The van der Waals surface area contributed by atoms with E-state index in [1.54, 1.807) is 84.3 Å². The number of halogens is 2. The van der Waals surface area contributed by atoms with Crippen LogP contribution < -0.4 is 4.74 Å². The van der Waals surface area contributed by atoms with Crippen LogP contribution in [0.25, 0.3) is 5.69 Å². The minimum absolute atomic E-state index is 0.0955. The van der Waals surface area contributed by atoms with Crippen molar-refractivity contribution >= 4 is 35.0 Å². The lowest BCUT2D eigenvalue weighted by molar-refractivity contribution is -0.142. The average molecular weight is 495 g/mol. The third kappa shape index (κ3) is 5.30. The number of hydrogen-bond donors (Lipinski definition) is 0. The van der Waals surface area contributed by atoms with Crippen molar-refractivity contribution in [3.8, 4) is 17.4 Å². The zero-order valence-corrected chi connectivity index (χ0v) is 19.7. The molecule has 0 aliphatic heterocycles. The first-order valence-electron chi connectivity index (χ1n) is 10.5. The van der Waals surface area contributed by atoms with Crippen molar-refractivity contribution in [1.29, 1.82) is 0 Å². The van der Waals surface area contributed by atoms with E-state index >= 15 is 0 Å². The van der Waals surface area contributed by atoms with Crippen LogP contribution in [0.4, 0.5) is 0 Å². The second kappa shape index (κ2) is 10.5. The number of nitrogens with zero attached hydrogens (tertiary/aromatic N) is 2. The number of ketones is 1. The first-order chi connectivity index (χ1) is 16.5. The van der Waals surface area contributed by atoms with Crippen molar-refractivity contribution in [2.24, 2.45) is 0 Å². The van der Waals surface area contributed by atoms with Crippen LogP contribution in [0.3, 0.4) is 0 Å². The molecule has 1 heterocycles. The number of esters is 1. The summed E-state index contributed by atoms with van der Waals surface area (Å²) in [7, 11) is 0. The zero-order valence-electron chi connectivity index (χ0n) is 18.2. The van der Waals surface area contributed by atoms with Crippen LogP contribution in [0.5, 0.6) is 11.8 Å². The molecule has 6 nitrogen and oxygen atoms in total. The van der Waals surface area contributed by atoms with Gasteiger partial charge < -0.3 is 9.47 Å². The van der Waals surface area contributed by atoms with E-state index in [-0.39, 0.29) is 30.5 Å². The quantitative estimate of drug-likeness (QED) is 0.212. The fraction of sp³-hybridized carbons (Fsp3) is 0.115. The number of aromatic nitrogens is 2. The van der Waals surface area contributed by atoms with Gasteiger partial charge in [-0.3, -0.25) is 14.2 Å². The zero-order chi connectivity index (χ0) is 24.1. The SMILES string of the molecule is CCOC(=O)Cc1c(C(=O)c2ccccc2)nc(Oc2ccc(Cl)cc2)n1-c1ccc(Cl)cc1. The molecule has 0 saturated carbocycles. The predicted octanol–water partition coefficient (Wildman–Crippen LogP) is 6.31. The Balaban J connectivity index is 1.90. The van der Waals surface area contributed by atoms with Gasteiger partial charge in [0.25, 0.3) is 0 Å². The summed E-state index contributed by atoms with van der Waals surface area (Å²) in [5.74, 6) is -0.364. The Kier molecular flexibility index (Phi) is 7.30. The Morgan fingerprint density at radius 1 is 0.882 bits per heavy atom. The number of imidazole rings is 1. The monoisotopic (exact) mass is 494 g/mol. The number of rotatable bonds is 8. The van der Waals surface area contributed by atoms with E-state index in [0.29, 0.717) is 32.7 Å². The van der Waals surface area contributed by atoms with Crippen molar-refractivity contribution in [3.63, 3.8) is 0 Å². The second-order valence-electron chi connectivity index (χ2n) is 7.23. The highest BCUT2D eigenvalue weighted by atomic mass is 35.5. The Morgan fingerprint density at radius 2 is 1.50 bits per heavy atom. The van der Waals surface area contributed by atoms with E-state index in [1.165, 1.54) is 0 Å². The van der Waals surface area contributed by atoms with Gasteiger partial charge in [0.2, 0.25) is 5.78 Å². The molecule has 0 N–H and O–H groups in total. The van der Waals surface area contributed by atoms with Crippen molar-refractivity contribution in [2.75, 3.05) is 6.61 Å². The summed E-state index contributed by atoms with van der Waals surface area (Å²) in [6, 6.07) is 22.5. The molecule has 0 spiro atoms. The van der Waals surface area contributed by atoms with Crippen LogP contribution >= 0.6 is 23.2 Å². The third-order valence-electron chi connectivity index (χ3n) is 4.92. The number of benzene rings is 3. The molecular formula is C26H20Cl2N2O4. The molecule has 0 radical (unpaired) electrons. The first kappa shape index (κ1) is 23.5. The van der Waals surface area contributed by atoms with Gasteiger partial charge >= 0.3 is 12.0 Å². The van der Waals surface area contributed by atoms with E-state index in [4.69, 9.17) is 32.7 Å². The van der Waals surface area contributed by atoms with Gasteiger partial charge in [0.05, 0.1) is 24.4 Å². The van der Waals surface area contributed by atoms with Crippen molar-refractivity contribution < 1.29 is 19.1 Å². The van der Waals surface area contributed by atoms with Gasteiger partial charge in [-0.1, -0.05) is 53.5 Å². The third-order valence-corrected chi connectivity index (χ3v) is 5.42. The van der Waals surface area contributed by atoms with Crippen LogP contribution in [0.2, 0.25) is 10.0 Å². The lowest BCUT2D eigenvalue weighted by atomic mass is 10.1. The minimum Gasteiger partial charge on any atom is -0.466 e. The molecule has 0 bridgehead atoms. The molecule has 172 valence electrons. The maximum atomic E-state index is 13.4. The molecule has 0 atom stereocenters. The van der Waals surface area contributed by atoms with E-state index < -0.39 is 5.97 Å². The van der Waals surface area contributed by atoms with Gasteiger partial charge in [-0.25, -0.2) is 0 Å². The van der Waals surface area contributed by atoms with E-state index in [1.807, 2.05) is 6.07 Å². The molecule has 3 aromatic carbocycles. The predicted molar refractivity (Wildman–Crippen MR) is 130 cm³/mol. The molecule has 0 aliphatic rings. The maximum absolute atomic E-state index is 13.4. The number of carbonyl (C=O) groups excluding carboxylic acids is 2. The topological polar surface area (TPSA) is 70.4 Å². The van der Waals surface area contributed by atoms with Gasteiger partial charge in [-0.05, 0) is 55.5 Å². The summed E-state index contributed by atoms with van der Waals surface area (Å²) in [5, 5.41) is 1.09. The van der Waals surface area contributed by atoms with Crippen LogP contribution in [-0.4, -0.2) is 27.9 Å². The molecule has 0 unspecified atom stereocenters. The normalized spacial score (nSPS) is 10.7. The number of carbonyl (C=O) groups is 2. The van der Waals surface area contributed by atoms with Gasteiger partial charge in [-0.15, -0.1) is 0 Å². The van der Waals surface area contributed by atoms with E-state index in [9.17, 15) is 9.59 Å². The molecule has 1 aromatic heterocycles. The molecule has 34 heavy (non-hydrogen) atoms. The average Bonchev–Trinajstić information content (AvgIpc) is 3.18. The van der Waals surface area contributed by atoms with Gasteiger partial charge in [0.1, 0.15) is 11.4 Å². The summed E-state index contributed by atoms with van der Waals surface area (Å²) in [5.41, 5.74) is 1.50. The smallest absolute Gasteiger partial charge is 0.311 e. The minimum atomic E-state index is -0.488. The van der Waals surface area contributed by atoms with Crippen LogP contribution in [0.1, 0.15) is 28.7 Å². The molecule has 0 aliphatic carbocycles. The lowest BCUT2D eigenvalue weighted by Gasteiger charge is -2.13. The molecule has 4 rings (SSSR count). The van der Waals surface area contributed by atoms with Crippen LogP contribution in [-0.2, 0) is 16.0 Å². The molecule has 0 amide bonds. The summed E-state index contributed by atoms with van der Waals surface area (Å²) in [6.45, 7) is 1.93. The standard InChI is InChI=1S/C26H20Cl2N2O4/c1-2-33-23(31)16-22-24(25(32)17-6-4-3-5-7-17)29-26(34-21-14-10-19(28)11-15-21)30(22)20-12-8-18(27)9-13-20/h3-15H,2,16H2,1H3. The van der Waals surface area contributed by atoms with Crippen molar-refractivity contribution in [3.05, 3.63) is 106 Å². The molecule has 0 fully saturated rings. The van der Waals surface area contributed by atoms with E-state index in [2.05, 4.69) is 4.98 Å². The number of hydrogen-bond acceptors (Lipinski definition) is 5. The van der Waals surface area contributed by atoms with Crippen LogP contribution in [0, 0.1) is 0 Å². The molecule has 0 saturated heterocycles. The number of ether oxygens (including phenoxy) is 2. The summed E-state index contributed by atoms with van der Waals surface area (Å²) < 4.78 is 12.8. The Morgan fingerprint density at radius 3 is 2.12 bits per heavy atom. The highest BCUT2D eigenvalue weighted by molar-refractivity contribution is 6.30. The van der Waals surface area contributed by atoms with Gasteiger partial charge in [0.15, 0.2) is 0 Å². The van der Waals surface area contributed by atoms with Gasteiger partial charge in [0, 0.05) is 15.6 Å². The maximum Gasteiger partial charge on any atom is 0.311 e. The van der Waals surface area contributed by atoms with Crippen molar-refractivity contribution in [1.82, 2.24) is 9.55 Å². The van der Waals surface area contributed by atoms with E-state index in [0.717, 1.165) is 0 Å². The second-order valence-corrected chi connectivity index (χ2v) is 8.11. The Hall–Kier alpha value is -3.61. The Bertz CT molecular complexity index is 1300. The largest absolute Gasteiger partial charge is 0.466 e.